The van der Waals surface area contributed by atoms with Gasteiger partial charge in [-0.2, -0.15) is 0 Å². The van der Waals surface area contributed by atoms with E-state index in [1.165, 1.54) is 6.42 Å². The van der Waals surface area contributed by atoms with Crippen molar-refractivity contribution in [1.82, 2.24) is 9.80 Å². The van der Waals surface area contributed by atoms with E-state index in [4.69, 9.17) is 9.84 Å². The maximum absolute atomic E-state index is 11.1. The Hall–Kier alpha value is -1.59. The smallest absolute Gasteiger partial charge is 0.335 e. The fourth-order valence-corrected chi connectivity index (χ4v) is 3.01. The van der Waals surface area contributed by atoms with Gasteiger partial charge in [0.25, 0.3) is 0 Å². The molecule has 0 amide bonds. The molecule has 0 aliphatic carbocycles. The van der Waals surface area contributed by atoms with E-state index in [9.17, 15) is 4.79 Å². The first-order valence-electron chi connectivity index (χ1n) is 7.27. The molecule has 2 rings (SSSR count). The standard InChI is InChI=1S/C16H24N2O3/c1-17-7-6-12(9-17)10-18(2)11-14-8-13(16(19)20)4-5-15(14)21-3/h4-5,8,12H,6-7,9-11H2,1-3H3,(H,19,20). The second-order valence-electron chi connectivity index (χ2n) is 5.95. The highest BCUT2D eigenvalue weighted by Crippen LogP contribution is 2.23. The summed E-state index contributed by atoms with van der Waals surface area (Å²) in [6.07, 6.45) is 1.23. The molecule has 1 heterocycles. The van der Waals surface area contributed by atoms with Crippen LogP contribution in [-0.2, 0) is 6.54 Å². The summed E-state index contributed by atoms with van der Waals surface area (Å²) in [5.41, 5.74) is 1.23. The van der Waals surface area contributed by atoms with Crippen molar-refractivity contribution >= 4 is 5.97 Å². The van der Waals surface area contributed by atoms with Crippen LogP contribution in [0, 0.1) is 5.92 Å². The Morgan fingerprint density at radius 3 is 2.86 bits per heavy atom. The number of hydrogen-bond acceptors (Lipinski definition) is 4. The van der Waals surface area contributed by atoms with Crippen LogP contribution in [0.15, 0.2) is 18.2 Å². The first-order chi connectivity index (χ1) is 9.99. The maximum Gasteiger partial charge on any atom is 0.335 e. The zero-order chi connectivity index (χ0) is 15.4. The van der Waals surface area contributed by atoms with E-state index in [0.717, 1.165) is 30.9 Å². The van der Waals surface area contributed by atoms with Gasteiger partial charge >= 0.3 is 5.97 Å². The molecule has 1 atom stereocenters. The molecule has 21 heavy (non-hydrogen) atoms. The lowest BCUT2D eigenvalue weighted by atomic mass is 10.1. The molecule has 1 aromatic rings. The van der Waals surface area contributed by atoms with Crippen molar-refractivity contribution in [2.24, 2.45) is 5.92 Å². The summed E-state index contributed by atoms with van der Waals surface area (Å²) in [6.45, 7) is 4.02. The van der Waals surface area contributed by atoms with E-state index >= 15 is 0 Å². The van der Waals surface area contributed by atoms with E-state index in [-0.39, 0.29) is 0 Å². The van der Waals surface area contributed by atoms with E-state index in [0.29, 0.717) is 18.0 Å². The Labute approximate surface area is 126 Å². The molecule has 5 nitrogen and oxygen atoms in total. The average Bonchev–Trinajstić information content (AvgIpc) is 2.83. The predicted molar refractivity (Wildman–Crippen MR) is 81.9 cm³/mol. The summed E-state index contributed by atoms with van der Waals surface area (Å²) < 4.78 is 5.34. The van der Waals surface area contributed by atoms with E-state index < -0.39 is 5.97 Å². The number of likely N-dealkylation sites (tertiary alicyclic amines) is 1. The second kappa shape index (κ2) is 6.91. The Bertz CT molecular complexity index is 504. The van der Waals surface area contributed by atoms with Crippen LogP contribution < -0.4 is 4.74 Å². The largest absolute Gasteiger partial charge is 0.496 e. The number of hydrogen-bond donors (Lipinski definition) is 1. The number of carbonyl (C=O) groups is 1. The van der Waals surface area contributed by atoms with Gasteiger partial charge in [-0.25, -0.2) is 4.79 Å². The van der Waals surface area contributed by atoms with Gasteiger partial charge < -0.3 is 19.6 Å². The van der Waals surface area contributed by atoms with Gasteiger partial charge in [-0.3, -0.25) is 0 Å². The van der Waals surface area contributed by atoms with Crippen molar-refractivity contribution in [3.63, 3.8) is 0 Å². The SMILES string of the molecule is COc1ccc(C(=O)O)cc1CN(C)CC1CCN(C)C1. The summed E-state index contributed by atoms with van der Waals surface area (Å²) in [7, 11) is 5.84. The lowest BCUT2D eigenvalue weighted by Crippen LogP contribution is -2.27. The first kappa shape index (κ1) is 15.8. The molecule has 0 aromatic heterocycles. The molecule has 5 heteroatoms. The number of ether oxygens (including phenoxy) is 1. The summed E-state index contributed by atoms with van der Waals surface area (Å²) in [5, 5.41) is 9.11. The van der Waals surface area contributed by atoms with E-state index in [1.54, 1.807) is 25.3 Å². The van der Waals surface area contributed by atoms with Crippen molar-refractivity contribution in [3.8, 4) is 5.75 Å². The second-order valence-corrected chi connectivity index (χ2v) is 5.95. The lowest BCUT2D eigenvalue weighted by molar-refractivity contribution is 0.0696. The molecule has 1 N–H and O–H groups in total. The molecule has 0 spiro atoms. The monoisotopic (exact) mass is 292 g/mol. The van der Waals surface area contributed by atoms with Crippen molar-refractivity contribution in [3.05, 3.63) is 29.3 Å². The fourth-order valence-electron chi connectivity index (χ4n) is 3.01. The normalized spacial score (nSPS) is 19.1. The van der Waals surface area contributed by atoms with Crippen LogP contribution in [-0.4, -0.2) is 61.7 Å². The molecule has 1 aliphatic rings. The third kappa shape index (κ3) is 4.19. The van der Waals surface area contributed by atoms with Crippen molar-refractivity contribution < 1.29 is 14.6 Å². The van der Waals surface area contributed by atoms with Crippen LogP contribution >= 0.6 is 0 Å². The molecule has 1 aromatic carbocycles. The third-order valence-electron chi connectivity index (χ3n) is 4.03. The molecule has 116 valence electrons. The van der Waals surface area contributed by atoms with Gasteiger partial charge in [-0.1, -0.05) is 0 Å². The van der Waals surface area contributed by atoms with Gasteiger partial charge in [-0.05, 0) is 51.2 Å². The Morgan fingerprint density at radius 1 is 1.52 bits per heavy atom. The number of carboxylic acids is 1. The van der Waals surface area contributed by atoms with Crippen molar-refractivity contribution in [1.29, 1.82) is 0 Å². The highest BCUT2D eigenvalue weighted by molar-refractivity contribution is 5.88. The molecular weight excluding hydrogens is 268 g/mol. The van der Waals surface area contributed by atoms with Crippen LogP contribution in [0.4, 0.5) is 0 Å². The zero-order valence-electron chi connectivity index (χ0n) is 13.0. The van der Waals surface area contributed by atoms with Gasteiger partial charge in [-0.15, -0.1) is 0 Å². The first-order valence-corrected chi connectivity index (χ1v) is 7.27. The van der Waals surface area contributed by atoms with E-state index in [1.807, 2.05) is 0 Å². The van der Waals surface area contributed by atoms with Crippen LogP contribution in [0.25, 0.3) is 0 Å². The van der Waals surface area contributed by atoms with Crippen LogP contribution in [0.2, 0.25) is 0 Å². The molecule has 1 fully saturated rings. The lowest BCUT2D eigenvalue weighted by Gasteiger charge is -2.22. The van der Waals surface area contributed by atoms with Crippen LogP contribution in [0.1, 0.15) is 22.3 Å². The predicted octanol–water partition coefficient (Wildman–Crippen LogP) is 1.78. The van der Waals surface area contributed by atoms with Gasteiger partial charge in [0, 0.05) is 25.2 Å². The van der Waals surface area contributed by atoms with Gasteiger partial charge in [0.1, 0.15) is 5.75 Å². The molecule has 0 bridgehead atoms. The van der Waals surface area contributed by atoms with Crippen LogP contribution in [0.3, 0.4) is 0 Å². The van der Waals surface area contributed by atoms with Crippen molar-refractivity contribution in [2.75, 3.05) is 40.8 Å². The minimum absolute atomic E-state index is 0.305. The minimum Gasteiger partial charge on any atom is -0.496 e. The van der Waals surface area contributed by atoms with Crippen molar-refractivity contribution in [2.45, 2.75) is 13.0 Å². The summed E-state index contributed by atoms with van der Waals surface area (Å²) in [5.74, 6) is 0.531. The Kier molecular flexibility index (Phi) is 5.20. The van der Waals surface area contributed by atoms with Crippen LogP contribution in [0.5, 0.6) is 5.75 Å². The zero-order valence-corrected chi connectivity index (χ0v) is 13.0. The highest BCUT2D eigenvalue weighted by atomic mass is 16.5. The fraction of sp³-hybridized carbons (Fsp3) is 0.562. The Morgan fingerprint density at radius 2 is 2.29 bits per heavy atom. The van der Waals surface area contributed by atoms with Gasteiger partial charge in [0.15, 0.2) is 0 Å². The molecular formula is C16H24N2O3. The summed E-state index contributed by atoms with van der Waals surface area (Å²) >= 11 is 0. The quantitative estimate of drug-likeness (QED) is 0.866. The molecule has 0 radical (unpaired) electrons. The molecule has 1 saturated heterocycles. The van der Waals surface area contributed by atoms with Gasteiger partial charge in [0.2, 0.25) is 0 Å². The number of benzene rings is 1. The summed E-state index contributed by atoms with van der Waals surface area (Å²) in [6, 6.07) is 5.02. The number of nitrogens with zero attached hydrogens (tertiary/aromatic N) is 2. The molecule has 0 saturated carbocycles. The number of rotatable bonds is 6. The summed E-state index contributed by atoms with van der Waals surface area (Å²) in [4.78, 5) is 15.7. The number of aromatic carboxylic acids is 1. The molecule has 1 unspecified atom stereocenters. The number of methoxy groups -OCH3 is 1. The van der Waals surface area contributed by atoms with E-state index in [2.05, 4.69) is 23.9 Å². The average molecular weight is 292 g/mol. The number of carboxylic acid groups (broad SMARTS) is 1. The topological polar surface area (TPSA) is 53.0 Å². The Balaban J connectivity index is 2.03. The van der Waals surface area contributed by atoms with Gasteiger partial charge in [0.05, 0.1) is 12.7 Å². The molecule has 1 aliphatic heterocycles. The highest BCUT2D eigenvalue weighted by Gasteiger charge is 2.21. The maximum atomic E-state index is 11.1. The minimum atomic E-state index is -0.904. The third-order valence-corrected chi connectivity index (χ3v) is 4.03.